The number of aromatic nitrogens is 2. The number of carbonyl (C=O) groups is 2. The highest BCUT2D eigenvalue weighted by molar-refractivity contribution is 5.94. The molecular formula is C23H23N5O5. The minimum atomic E-state index is -0.494. The molecule has 1 aliphatic rings. The van der Waals surface area contributed by atoms with Gasteiger partial charge < -0.3 is 15.4 Å². The summed E-state index contributed by atoms with van der Waals surface area (Å²) in [5.41, 5.74) is 7.23. The van der Waals surface area contributed by atoms with E-state index in [9.17, 15) is 19.7 Å². The van der Waals surface area contributed by atoms with Crippen molar-refractivity contribution in [2.45, 2.75) is 12.8 Å². The Kier molecular flexibility index (Phi) is 6.07. The van der Waals surface area contributed by atoms with Crippen molar-refractivity contribution in [3.63, 3.8) is 0 Å². The molecule has 4 rings (SSSR count). The summed E-state index contributed by atoms with van der Waals surface area (Å²) in [6.07, 6.45) is 0.990. The fourth-order valence-corrected chi connectivity index (χ4v) is 3.92. The molecule has 0 bridgehead atoms. The van der Waals surface area contributed by atoms with Crippen LogP contribution in [0.25, 0.3) is 16.9 Å². The molecule has 2 N–H and O–H groups in total. The summed E-state index contributed by atoms with van der Waals surface area (Å²) in [6.45, 7) is 0.780. The molecule has 2 heterocycles. The van der Waals surface area contributed by atoms with Gasteiger partial charge in [0.25, 0.3) is 11.6 Å². The van der Waals surface area contributed by atoms with Crippen LogP contribution in [0.3, 0.4) is 0 Å². The van der Waals surface area contributed by atoms with Crippen LogP contribution < -0.4 is 10.5 Å². The molecule has 10 nitrogen and oxygen atoms in total. The molecule has 1 fully saturated rings. The van der Waals surface area contributed by atoms with E-state index >= 15 is 0 Å². The minimum absolute atomic E-state index is 0.105. The number of carbonyl (C=O) groups excluding carboxylic acids is 2. The summed E-state index contributed by atoms with van der Waals surface area (Å²) in [4.78, 5) is 37.4. The number of likely N-dealkylation sites (tertiary alicyclic amines) is 1. The zero-order valence-corrected chi connectivity index (χ0v) is 18.0. The standard InChI is InChI=1S/C23H23N5O5/c1-33-19-7-2-4-16(12-19)20-14-21(23(30)26-10-8-15(9-11-26)22(24)29)27(25-20)17-5-3-6-18(13-17)28(31)32/h2-7,12-15H,8-11H2,1H3,(H2,24,29). The van der Waals surface area contributed by atoms with Crippen LogP contribution in [-0.4, -0.2) is 51.6 Å². The smallest absolute Gasteiger partial charge is 0.272 e. The Morgan fingerprint density at radius 1 is 1.12 bits per heavy atom. The Morgan fingerprint density at radius 3 is 2.52 bits per heavy atom. The molecular weight excluding hydrogens is 426 g/mol. The lowest BCUT2D eigenvalue weighted by molar-refractivity contribution is -0.384. The highest BCUT2D eigenvalue weighted by Gasteiger charge is 2.29. The second kappa shape index (κ2) is 9.11. The summed E-state index contributed by atoms with van der Waals surface area (Å²) < 4.78 is 6.71. The van der Waals surface area contributed by atoms with E-state index in [4.69, 9.17) is 10.5 Å². The maximum Gasteiger partial charge on any atom is 0.272 e. The molecule has 2 aromatic carbocycles. The third-order valence-electron chi connectivity index (χ3n) is 5.76. The molecule has 0 saturated carbocycles. The number of nitro benzene ring substituents is 1. The first-order valence-corrected chi connectivity index (χ1v) is 10.5. The second-order valence-corrected chi connectivity index (χ2v) is 7.80. The molecule has 0 spiro atoms. The van der Waals surface area contributed by atoms with E-state index in [2.05, 4.69) is 5.10 Å². The second-order valence-electron chi connectivity index (χ2n) is 7.80. The Bertz CT molecular complexity index is 1210. The molecule has 0 unspecified atom stereocenters. The molecule has 0 radical (unpaired) electrons. The van der Waals surface area contributed by atoms with Crippen molar-refractivity contribution < 1.29 is 19.2 Å². The number of non-ortho nitro benzene ring substituents is 1. The van der Waals surface area contributed by atoms with Crippen molar-refractivity contribution >= 4 is 17.5 Å². The van der Waals surface area contributed by atoms with Crippen LogP contribution in [0, 0.1) is 16.0 Å². The number of nitrogens with two attached hydrogens (primary N) is 1. The van der Waals surface area contributed by atoms with Gasteiger partial charge in [-0.25, -0.2) is 4.68 Å². The third kappa shape index (κ3) is 4.54. The van der Waals surface area contributed by atoms with Crippen LogP contribution in [-0.2, 0) is 4.79 Å². The normalized spacial score (nSPS) is 14.2. The molecule has 10 heteroatoms. The monoisotopic (exact) mass is 449 g/mol. The van der Waals surface area contributed by atoms with Gasteiger partial charge in [0, 0.05) is 36.7 Å². The lowest BCUT2D eigenvalue weighted by Crippen LogP contribution is -2.42. The SMILES string of the molecule is COc1cccc(-c2cc(C(=O)N3CCC(C(N)=O)CC3)n(-c3cccc([N+](=O)[O-])c3)n2)c1. The first kappa shape index (κ1) is 22.0. The molecule has 33 heavy (non-hydrogen) atoms. The molecule has 170 valence electrons. The van der Waals surface area contributed by atoms with Gasteiger partial charge in [-0.15, -0.1) is 0 Å². The maximum atomic E-state index is 13.4. The van der Waals surface area contributed by atoms with E-state index in [1.165, 1.54) is 16.8 Å². The van der Waals surface area contributed by atoms with Gasteiger partial charge in [0.05, 0.1) is 23.4 Å². The fourth-order valence-electron chi connectivity index (χ4n) is 3.92. The number of hydrogen-bond acceptors (Lipinski definition) is 6. The van der Waals surface area contributed by atoms with Crippen molar-refractivity contribution in [3.05, 3.63) is 70.4 Å². The van der Waals surface area contributed by atoms with Crippen molar-refractivity contribution in [1.29, 1.82) is 0 Å². The number of ether oxygens (including phenoxy) is 1. The van der Waals surface area contributed by atoms with Gasteiger partial charge in [-0.2, -0.15) is 5.10 Å². The first-order valence-electron chi connectivity index (χ1n) is 10.5. The van der Waals surface area contributed by atoms with E-state index in [1.807, 2.05) is 12.1 Å². The largest absolute Gasteiger partial charge is 0.497 e. The molecule has 1 aliphatic heterocycles. The third-order valence-corrected chi connectivity index (χ3v) is 5.76. The van der Waals surface area contributed by atoms with Gasteiger partial charge >= 0.3 is 0 Å². The number of piperidine rings is 1. The zero-order chi connectivity index (χ0) is 23.5. The Labute approximate surface area is 189 Å². The number of nitrogens with zero attached hydrogens (tertiary/aromatic N) is 4. The number of nitro groups is 1. The Hall–Kier alpha value is -4.21. The van der Waals surface area contributed by atoms with Crippen LogP contribution in [0.5, 0.6) is 5.75 Å². The van der Waals surface area contributed by atoms with E-state index in [0.29, 0.717) is 43.1 Å². The van der Waals surface area contributed by atoms with Gasteiger partial charge in [-0.3, -0.25) is 19.7 Å². The minimum Gasteiger partial charge on any atom is -0.497 e. The van der Waals surface area contributed by atoms with Crippen LogP contribution in [0.15, 0.2) is 54.6 Å². The number of rotatable bonds is 6. The lowest BCUT2D eigenvalue weighted by atomic mass is 9.96. The first-order chi connectivity index (χ1) is 15.9. The molecule has 0 atom stereocenters. The number of primary amides is 1. The number of hydrogen-bond donors (Lipinski definition) is 1. The van der Waals surface area contributed by atoms with Crippen molar-refractivity contribution in [1.82, 2.24) is 14.7 Å². The summed E-state index contributed by atoms with van der Waals surface area (Å²) in [5, 5.41) is 15.9. The van der Waals surface area contributed by atoms with Crippen LogP contribution >= 0.6 is 0 Å². The average molecular weight is 449 g/mol. The number of benzene rings is 2. The van der Waals surface area contributed by atoms with Crippen LogP contribution in [0.1, 0.15) is 23.3 Å². The zero-order valence-electron chi connectivity index (χ0n) is 18.0. The van der Waals surface area contributed by atoms with Crippen molar-refractivity contribution in [3.8, 4) is 22.7 Å². The molecule has 3 aromatic rings. The van der Waals surface area contributed by atoms with E-state index < -0.39 is 4.92 Å². The van der Waals surface area contributed by atoms with Crippen molar-refractivity contribution in [2.24, 2.45) is 11.7 Å². The average Bonchev–Trinajstić information content (AvgIpc) is 3.29. The molecule has 1 saturated heterocycles. The fraction of sp³-hybridized carbons (Fsp3) is 0.261. The highest BCUT2D eigenvalue weighted by atomic mass is 16.6. The topological polar surface area (TPSA) is 134 Å². The summed E-state index contributed by atoms with van der Waals surface area (Å²) >= 11 is 0. The Balaban J connectivity index is 1.75. The Morgan fingerprint density at radius 2 is 1.85 bits per heavy atom. The van der Waals surface area contributed by atoms with Gasteiger partial charge in [-0.05, 0) is 37.1 Å². The summed E-state index contributed by atoms with van der Waals surface area (Å²) in [7, 11) is 1.56. The highest BCUT2D eigenvalue weighted by Crippen LogP contribution is 2.28. The molecule has 2 amide bonds. The summed E-state index contributed by atoms with van der Waals surface area (Å²) in [5.74, 6) is -0.239. The maximum absolute atomic E-state index is 13.4. The number of methoxy groups -OCH3 is 1. The van der Waals surface area contributed by atoms with E-state index in [1.54, 1.807) is 42.3 Å². The van der Waals surface area contributed by atoms with Crippen LogP contribution in [0.4, 0.5) is 5.69 Å². The van der Waals surface area contributed by atoms with Crippen LogP contribution in [0.2, 0.25) is 0 Å². The van der Waals surface area contributed by atoms with Gasteiger partial charge in [0.15, 0.2) is 0 Å². The van der Waals surface area contributed by atoms with E-state index in [-0.39, 0.29) is 29.1 Å². The van der Waals surface area contributed by atoms with Gasteiger partial charge in [-0.1, -0.05) is 18.2 Å². The van der Waals surface area contributed by atoms with E-state index in [0.717, 1.165) is 5.56 Å². The van der Waals surface area contributed by atoms with Gasteiger partial charge in [0.2, 0.25) is 5.91 Å². The van der Waals surface area contributed by atoms with Gasteiger partial charge in [0.1, 0.15) is 11.4 Å². The predicted octanol–water partition coefficient (Wildman–Crippen LogP) is 2.79. The lowest BCUT2D eigenvalue weighted by Gasteiger charge is -2.30. The molecule has 0 aliphatic carbocycles. The van der Waals surface area contributed by atoms with Crippen molar-refractivity contribution in [2.75, 3.05) is 20.2 Å². The number of amides is 2. The summed E-state index contributed by atoms with van der Waals surface area (Å²) in [6, 6.07) is 14.9. The predicted molar refractivity (Wildman–Crippen MR) is 120 cm³/mol. The molecule has 1 aromatic heterocycles. The quantitative estimate of drug-likeness (QED) is 0.454.